The van der Waals surface area contributed by atoms with E-state index in [1.165, 1.54) is 0 Å². The SMILES string of the molecule is CC(C)OC(=O)CC(=O)CC(NS(C)(=O)=O)c1ccccc1. The second-order valence-corrected chi connectivity index (χ2v) is 7.09. The van der Waals surface area contributed by atoms with E-state index in [-0.39, 0.29) is 24.7 Å². The Morgan fingerprint density at radius 3 is 2.27 bits per heavy atom. The van der Waals surface area contributed by atoms with Crippen molar-refractivity contribution in [2.24, 2.45) is 0 Å². The molecule has 0 aliphatic heterocycles. The lowest BCUT2D eigenvalue weighted by Crippen LogP contribution is -2.30. The molecule has 122 valence electrons. The summed E-state index contributed by atoms with van der Waals surface area (Å²) in [5.41, 5.74) is 0.665. The topological polar surface area (TPSA) is 89.5 Å². The number of esters is 1. The maximum absolute atomic E-state index is 12.0. The molecule has 0 saturated carbocycles. The predicted octanol–water partition coefficient (Wildman–Crippen LogP) is 1.58. The van der Waals surface area contributed by atoms with E-state index in [2.05, 4.69) is 4.72 Å². The number of sulfonamides is 1. The molecule has 22 heavy (non-hydrogen) atoms. The van der Waals surface area contributed by atoms with Crippen LogP contribution in [0.5, 0.6) is 0 Å². The summed E-state index contributed by atoms with van der Waals surface area (Å²) in [5, 5.41) is 0. The van der Waals surface area contributed by atoms with Crippen LogP contribution in [0.4, 0.5) is 0 Å². The first-order valence-corrected chi connectivity index (χ1v) is 8.80. The fourth-order valence-corrected chi connectivity index (χ4v) is 2.67. The number of Topliss-reactive ketones (excluding diaryl/α,β-unsaturated/α-hetero) is 1. The summed E-state index contributed by atoms with van der Waals surface area (Å²) in [6.45, 7) is 3.39. The third-order valence-electron chi connectivity index (χ3n) is 2.70. The highest BCUT2D eigenvalue weighted by Gasteiger charge is 2.21. The van der Waals surface area contributed by atoms with Crippen LogP contribution in [0.3, 0.4) is 0 Å². The second-order valence-electron chi connectivity index (χ2n) is 5.31. The molecule has 1 rings (SSSR count). The largest absolute Gasteiger partial charge is 0.463 e. The fourth-order valence-electron chi connectivity index (χ4n) is 1.94. The molecule has 0 fully saturated rings. The van der Waals surface area contributed by atoms with Gasteiger partial charge < -0.3 is 4.74 Å². The molecule has 0 saturated heterocycles. The zero-order valence-electron chi connectivity index (χ0n) is 12.9. The van der Waals surface area contributed by atoms with Gasteiger partial charge in [0.1, 0.15) is 12.2 Å². The lowest BCUT2D eigenvalue weighted by molar-refractivity contribution is -0.149. The van der Waals surface area contributed by atoms with Crippen molar-refractivity contribution in [2.45, 2.75) is 38.8 Å². The second kappa shape index (κ2) is 8.05. The maximum Gasteiger partial charge on any atom is 0.313 e. The molecule has 7 heteroatoms. The van der Waals surface area contributed by atoms with Crippen LogP contribution in [0.25, 0.3) is 0 Å². The highest BCUT2D eigenvalue weighted by molar-refractivity contribution is 7.88. The van der Waals surface area contributed by atoms with E-state index in [9.17, 15) is 18.0 Å². The summed E-state index contributed by atoms with van der Waals surface area (Å²) in [4.78, 5) is 23.5. The maximum atomic E-state index is 12.0. The van der Waals surface area contributed by atoms with Gasteiger partial charge in [-0.25, -0.2) is 13.1 Å². The molecule has 6 nitrogen and oxygen atoms in total. The molecule has 1 aromatic carbocycles. The quantitative estimate of drug-likeness (QED) is 0.578. The molecule has 1 unspecified atom stereocenters. The zero-order chi connectivity index (χ0) is 16.8. The summed E-state index contributed by atoms with van der Waals surface area (Å²) >= 11 is 0. The summed E-state index contributed by atoms with van der Waals surface area (Å²) in [5.74, 6) is -0.984. The zero-order valence-corrected chi connectivity index (χ0v) is 13.7. The van der Waals surface area contributed by atoms with E-state index in [4.69, 9.17) is 4.74 Å². The number of benzene rings is 1. The van der Waals surface area contributed by atoms with E-state index >= 15 is 0 Å². The Balaban J connectivity index is 2.77. The summed E-state index contributed by atoms with van der Waals surface area (Å²) in [7, 11) is -3.48. The van der Waals surface area contributed by atoms with Gasteiger partial charge in [-0.05, 0) is 19.4 Å². The van der Waals surface area contributed by atoms with Gasteiger partial charge in [-0.15, -0.1) is 0 Å². The predicted molar refractivity (Wildman–Crippen MR) is 82.6 cm³/mol. The number of carbonyl (C=O) groups is 2. The molecule has 1 aromatic rings. The van der Waals surface area contributed by atoms with E-state index < -0.39 is 22.0 Å². The molecule has 0 heterocycles. The Kier molecular flexibility index (Phi) is 6.70. The van der Waals surface area contributed by atoms with Crippen molar-refractivity contribution in [3.05, 3.63) is 35.9 Å². The van der Waals surface area contributed by atoms with Gasteiger partial charge in [-0.2, -0.15) is 0 Å². The van der Waals surface area contributed by atoms with E-state index in [0.717, 1.165) is 6.26 Å². The first-order chi connectivity index (χ1) is 10.2. The Morgan fingerprint density at radius 1 is 1.18 bits per heavy atom. The number of hydrogen-bond donors (Lipinski definition) is 1. The number of ether oxygens (including phenoxy) is 1. The molecule has 1 N–H and O–H groups in total. The normalized spacial score (nSPS) is 12.9. The molecule has 0 bridgehead atoms. The Bertz CT molecular complexity index is 610. The smallest absolute Gasteiger partial charge is 0.313 e. The monoisotopic (exact) mass is 327 g/mol. The van der Waals surface area contributed by atoms with Crippen molar-refractivity contribution in [1.82, 2.24) is 4.72 Å². The van der Waals surface area contributed by atoms with Crippen LogP contribution in [-0.2, 0) is 24.3 Å². The number of ketones is 1. The van der Waals surface area contributed by atoms with Gasteiger partial charge in [0, 0.05) is 6.42 Å². The highest BCUT2D eigenvalue weighted by atomic mass is 32.2. The molecule has 0 aromatic heterocycles. The van der Waals surface area contributed by atoms with Gasteiger partial charge in [-0.3, -0.25) is 9.59 Å². The lowest BCUT2D eigenvalue weighted by atomic mass is 10.0. The highest BCUT2D eigenvalue weighted by Crippen LogP contribution is 2.18. The van der Waals surface area contributed by atoms with Crippen molar-refractivity contribution >= 4 is 21.8 Å². The minimum absolute atomic E-state index is 0.107. The minimum atomic E-state index is -3.48. The van der Waals surface area contributed by atoms with Crippen molar-refractivity contribution in [3.63, 3.8) is 0 Å². The van der Waals surface area contributed by atoms with E-state index in [1.54, 1.807) is 44.2 Å². The minimum Gasteiger partial charge on any atom is -0.463 e. The van der Waals surface area contributed by atoms with Crippen LogP contribution in [0.1, 0.15) is 38.3 Å². The first-order valence-electron chi connectivity index (χ1n) is 6.91. The van der Waals surface area contributed by atoms with Crippen LogP contribution in [0, 0.1) is 0 Å². The average molecular weight is 327 g/mol. The van der Waals surface area contributed by atoms with Gasteiger partial charge >= 0.3 is 5.97 Å². The van der Waals surface area contributed by atoms with Crippen molar-refractivity contribution < 1.29 is 22.7 Å². The fraction of sp³-hybridized carbons (Fsp3) is 0.467. The summed E-state index contributed by atoms with van der Waals surface area (Å²) in [6, 6.07) is 8.05. The lowest BCUT2D eigenvalue weighted by Gasteiger charge is -2.17. The first kappa shape index (κ1) is 18.3. The number of hydrogen-bond acceptors (Lipinski definition) is 5. The van der Waals surface area contributed by atoms with Crippen molar-refractivity contribution in [3.8, 4) is 0 Å². The van der Waals surface area contributed by atoms with E-state index in [1.807, 2.05) is 0 Å². The van der Waals surface area contributed by atoms with Crippen LogP contribution < -0.4 is 4.72 Å². The Morgan fingerprint density at radius 2 is 1.77 bits per heavy atom. The molecular weight excluding hydrogens is 306 g/mol. The van der Waals surface area contributed by atoms with Crippen LogP contribution in [-0.4, -0.2) is 32.5 Å². The number of carbonyl (C=O) groups excluding carboxylic acids is 2. The summed E-state index contributed by atoms with van der Waals surface area (Å²) in [6.07, 6.45) is 0.261. The van der Waals surface area contributed by atoms with Gasteiger partial charge in [0.15, 0.2) is 0 Å². The van der Waals surface area contributed by atoms with Crippen LogP contribution in [0.15, 0.2) is 30.3 Å². The van der Waals surface area contributed by atoms with Gasteiger partial charge in [0.25, 0.3) is 0 Å². The summed E-state index contributed by atoms with van der Waals surface area (Å²) < 4.78 is 30.2. The molecule has 0 aliphatic rings. The van der Waals surface area contributed by atoms with Gasteiger partial charge in [0.05, 0.1) is 18.4 Å². The Hall–Kier alpha value is -1.73. The standard InChI is InChI=1S/C15H21NO5S/c1-11(2)21-15(18)10-13(17)9-14(16-22(3,19)20)12-7-5-4-6-8-12/h4-8,11,14,16H,9-10H2,1-3H3. The van der Waals surface area contributed by atoms with Crippen LogP contribution in [0.2, 0.25) is 0 Å². The van der Waals surface area contributed by atoms with Gasteiger partial charge in [-0.1, -0.05) is 30.3 Å². The molecule has 1 atom stereocenters. The Labute approximate surface area is 130 Å². The molecular formula is C15H21NO5S. The van der Waals surface area contributed by atoms with Crippen molar-refractivity contribution in [2.75, 3.05) is 6.26 Å². The van der Waals surface area contributed by atoms with Crippen molar-refractivity contribution in [1.29, 1.82) is 0 Å². The molecule has 0 amide bonds. The third kappa shape index (κ3) is 7.33. The molecule has 0 radical (unpaired) electrons. The van der Waals surface area contributed by atoms with E-state index in [0.29, 0.717) is 5.56 Å². The third-order valence-corrected chi connectivity index (χ3v) is 3.41. The molecule has 0 aliphatic carbocycles. The number of nitrogens with one attached hydrogen (secondary N) is 1. The average Bonchev–Trinajstić information content (AvgIpc) is 2.36. The van der Waals surface area contributed by atoms with Gasteiger partial charge in [0.2, 0.25) is 10.0 Å². The van der Waals surface area contributed by atoms with Crippen LogP contribution >= 0.6 is 0 Å². The number of rotatable bonds is 8. The molecule has 0 spiro atoms.